The van der Waals surface area contributed by atoms with Gasteiger partial charge in [-0.2, -0.15) is 4.31 Å². The number of rotatable bonds is 7. The highest BCUT2D eigenvalue weighted by Gasteiger charge is 2.26. The average Bonchev–Trinajstić information content (AvgIpc) is 3.32. The van der Waals surface area contributed by atoms with Gasteiger partial charge in [-0.15, -0.1) is 10.2 Å². The predicted octanol–water partition coefficient (Wildman–Crippen LogP) is 2.83. The van der Waals surface area contributed by atoms with Crippen molar-refractivity contribution in [2.45, 2.75) is 37.0 Å². The normalized spacial score (nSPS) is 15.4. The van der Waals surface area contributed by atoms with Gasteiger partial charge < -0.3 is 5.32 Å². The molecule has 1 amide bonds. The van der Waals surface area contributed by atoms with Gasteiger partial charge in [-0.1, -0.05) is 23.5 Å². The van der Waals surface area contributed by atoms with Crippen LogP contribution in [0.5, 0.6) is 0 Å². The SMILES string of the molecule is O=C(CCc1ccc(S(=O)(=O)N2CCCC2)cc1)Nc1nnc(C(F)F)s1. The highest BCUT2D eigenvalue weighted by atomic mass is 32.2. The van der Waals surface area contributed by atoms with E-state index in [1.807, 2.05) is 0 Å². The van der Waals surface area contributed by atoms with Crippen LogP contribution in [0, 0.1) is 0 Å². The monoisotopic (exact) mass is 416 g/mol. The van der Waals surface area contributed by atoms with Crippen LogP contribution in [0.2, 0.25) is 0 Å². The first kappa shape index (κ1) is 19.8. The van der Waals surface area contributed by atoms with E-state index >= 15 is 0 Å². The van der Waals surface area contributed by atoms with Gasteiger partial charge in [0.1, 0.15) is 0 Å². The van der Waals surface area contributed by atoms with Gasteiger partial charge in [0.25, 0.3) is 6.43 Å². The Morgan fingerprint density at radius 1 is 1.19 bits per heavy atom. The molecule has 1 aliphatic rings. The number of benzene rings is 1. The highest BCUT2D eigenvalue weighted by molar-refractivity contribution is 7.89. The maximum absolute atomic E-state index is 12.5. The fraction of sp³-hybridized carbons (Fsp3) is 0.438. The van der Waals surface area contributed by atoms with Crippen molar-refractivity contribution < 1.29 is 22.0 Å². The van der Waals surface area contributed by atoms with Gasteiger partial charge in [-0.3, -0.25) is 4.79 Å². The van der Waals surface area contributed by atoms with E-state index in [1.54, 1.807) is 24.3 Å². The number of carbonyl (C=O) groups is 1. The maximum Gasteiger partial charge on any atom is 0.291 e. The Kier molecular flexibility index (Phi) is 6.12. The van der Waals surface area contributed by atoms with Gasteiger partial charge in [-0.05, 0) is 37.0 Å². The largest absolute Gasteiger partial charge is 0.301 e. The molecule has 0 unspecified atom stereocenters. The number of amides is 1. The topological polar surface area (TPSA) is 92.3 Å². The summed E-state index contributed by atoms with van der Waals surface area (Å²) in [5.74, 6) is -0.374. The van der Waals surface area contributed by atoms with Gasteiger partial charge in [0, 0.05) is 19.5 Å². The minimum Gasteiger partial charge on any atom is -0.301 e. The first-order valence-corrected chi connectivity index (χ1v) is 10.6. The predicted molar refractivity (Wildman–Crippen MR) is 96.3 cm³/mol. The molecule has 1 saturated heterocycles. The van der Waals surface area contributed by atoms with Crippen LogP contribution in [-0.2, 0) is 21.2 Å². The molecule has 3 rings (SSSR count). The lowest BCUT2D eigenvalue weighted by Crippen LogP contribution is -2.27. The molecule has 1 aliphatic heterocycles. The Labute approximate surface area is 159 Å². The second-order valence-electron chi connectivity index (χ2n) is 6.05. The number of nitrogens with one attached hydrogen (secondary N) is 1. The maximum atomic E-state index is 12.5. The molecular formula is C16H18F2N4O3S2. The van der Waals surface area contributed by atoms with Crippen LogP contribution in [0.4, 0.5) is 13.9 Å². The number of aryl methyl sites for hydroxylation is 1. The van der Waals surface area contributed by atoms with E-state index < -0.39 is 21.5 Å². The molecule has 0 atom stereocenters. The van der Waals surface area contributed by atoms with Crippen LogP contribution in [0.15, 0.2) is 29.2 Å². The van der Waals surface area contributed by atoms with Crippen LogP contribution in [0.1, 0.15) is 36.3 Å². The third-order valence-corrected chi connectivity index (χ3v) is 6.90. The summed E-state index contributed by atoms with van der Waals surface area (Å²) in [5.41, 5.74) is 0.802. The quantitative estimate of drug-likeness (QED) is 0.749. The molecule has 2 aromatic rings. The molecule has 0 aliphatic carbocycles. The molecule has 0 spiro atoms. The van der Waals surface area contributed by atoms with Crippen molar-refractivity contribution in [2.75, 3.05) is 18.4 Å². The third-order valence-electron chi connectivity index (χ3n) is 4.14. The van der Waals surface area contributed by atoms with Gasteiger partial charge >= 0.3 is 0 Å². The van der Waals surface area contributed by atoms with Crippen LogP contribution in [0.25, 0.3) is 0 Å². The molecule has 0 saturated carbocycles. The molecule has 0 bridgehead atoms. The molecule has 1 aromatic carbocycles. The number of alkyl halides is 2. The van der Waals surface area contributed by atoms with Gasteiger partial charge in [0.05, 0.1) is 4.90 Å². The number of sulfonamides is 1. The number of hydrogen-bond donors (Lipinski definition) is 1. The molecule has 1 fully saturated rings. The van der Waals surface area contributed by atoms with E-state index in [2.05, 4.69) is 15.5 Å². The number of nitrogens with zero attached hydrogens (tertiary/aromatic N) is 3. The van der Waals surface area contributed by atoms with Crippen molar-refractivity contribution >= 4 is 32.4 Å². The van der Waals surface area contributed by atoms with Crippen molar-refractivity contribution in [1.82, 2.24) is 14.5 Å². The molecule has 2 heterocycles. The summed E-state index contributed by atoms with van der Waals surface area (Å²) in [7, 11) is -3.45. The summed E-state index contributed by atoms with van der Waals surface area (Å²) in [6.45, 7) is 1.09. The zero-order valence-electron chi connectivity index (χ0n) is 14.3. The molecule has 1 N–H and O–H groups in total. The van der Waals surface area contributed by atoms with E-state index in [-0.39, 0.29) is 22.4 Å². The lowest BCUT2D eigenvalue weighted by atomic mass is 10.1. The number of halogens is 2. The first-order valence-electron chi connectivity index (χ1n) is 8.37. The Balaban J connectivity index is 1.54. The second kappa shape index (κ2) is 8.36. The lowest BCUT2D eigenvalue weighted by molar-refractivity contribution is -0.116. The van der Waals surface area contributed by atoms with Crippen LogP contribution in [0.3, 0.4) is 0 Å². The molecular weight excluding hydrogens is 398 g/mol. The van der Waals surface area contributed by atoms with Crippen LogP contribution >= 0.6 is 11.3 Å². The molecule has 11 heteroatoms. The van der Waals surface area contributed by atoms with Crippen LogP contribution < -0.4 is 5.32 Å². The van der Waals surface area contributed by atoms with Gasteiger partial charge in [0.2, 0.25) is 21.1 Å². The van der Waals surface area contributed by atoms with Crippen molar-refractivity contribution in [2.24, 2.45) is 0 Å². The van der Waals surface area contributed by atoms with Crippen molar-refractivity contribution in [3.05, 3.63) is 34.8 Å². The minimum absolute atomic E-state index is 0.0300. The highest BCUT2D eigenvalue weighted by Crippen LogP contribution is 2.25. The smallest absolute Gasteiger partial charge is 0.291 e. The number of hydrogen-bond acceptors (Lipinski definition) is 6. The first-order chi connectivity index (χ1) is 12.9. The number of aromatic nitrogens is 2. The van der Waals surface area contributed by atoms with Crippen molar-refractivity contribution in [1.29, 1.82) is 0 Å². The summed E-state index contributed by atoms with van der Waals surface area (Å²) in [5, 5.41) is 8.81. The van der Waals surface area contributed by atoms with E-state index in [0.717, 1.165) is 18.4 Å². The van der Waals surface area contributed by atoms with E-state index in [0.29, 0.717) is 30.8 Å². The summed E-state index contributed by atoms with van der Waals surface area (Å²) >= 11 is 0.632. The van der Waals surface area contributed by atoms with E-state index in [1.165, 1.54) is 4.31 Å². The fourth-order valence-electron chi connectivity index (χ4n) is 2.72. The van der Waals surface area contributed by atoms with E-state index in [4.69, 9.17) is 0 Å². The zero-order chi connectivity index (χ0) is 19.4. The lowest BCUT2D eigenvalue weighted by Gasteiger charge is -2.15. The molecule has 146 valence electrons. The molecule has 27 heavy (non-hydrogen) atoms. The Morgan fingerprint density at radius 3 is 2.44 bits per heavy atom. The van der Waals surface area contributed by atoms with Crippen molar-refractivity contribution in [3.8, 4) is 0 Å². The zero-order valence-corrected chi connectivity index (χ0v) is 15.9. The summed E-state index contributed by atoms with van der Waals surface area (Å²) in [4.78, 5) is 12.1. The third kappa shape index (κ3) is 4.85. The van der Waals surface area contributed by atoms with Gasteiger partial charge in [-0.25, -0.2) is 17.2 Å². The average molecular weight is 416 g/mol. The Hall–Kier alpha value is -1.98. The van der Waals surface area contributed by atoms with Gasteiger partial charge in [0.15, 0.2) is 5.01 Å². The molecule has 0 radical (unpaired) electrons. The van der Waals surface area contributed by atoms with E-state index in [9.17, 15) is 22.0 Å². The Bertz CT molecular complexity index is 895. The van der Waals surface area contributed by atoms with Crippen molar-refractivity contribution in [3.63, 3.8) is 0 Å². The molecule has 7 nitrogen and oxygen atoms in total. The number of carbonyl (C=O) groups excluding carboxylic acids is 1. The summed E-state index contributed by atoms with van der Waals surface area (Å²) in [6.07, 6.45) is -0.471. The second-order valence-corrected chi connectivity index (χ2v) is 9.00. The standard InChI is InChI=1S/C16H18F2N4O3S2/c17-14(18)15-20-21-16(26-15)19-13(23)8-5-11-3-6-12(7-4-11)27(24,25)22-9-1-2-10-22/h3-4,6-7,14H,1-2,5,8-10H2,(H,19,21,23). The summed E-state index contributed by atoms with van der Waals surface area (Å²) < 4.78 is 51.3. The number of anilines is 1. The fourth-order valence-corrected chi connectivity index (χ4v) is 4.85. The Morgan fingerprint density at radius 2 is 1.85 bits per heavy atom. The van der Waals surface area contributed by atoms with Crippen LogP contribution in [-0.4, -0.2) is 41.9 Å². The molecule has 1 aromatic heterocycles. The summed E-state index contributed by atoms with van der Waals surface area (Å²) in [6, 6.07) is 6.44. The minimum atomic E-state index is -3.45.